The number of thiophene rings is 1. The van der Waals surface area contributed by atoms with E-state index in [4.69, 9.17) is 0 Å². The predicted molar refractivity (Wildman–Crippen MR) is 120 cm³/mol. The zero-order valence-corrected chi connectivity index (χ0v) is 17.7. The number of carbonyl (C=O) groups is 2. The molecule has 4 rings (SSSR count). The van der Waals surface area contributed by atoms with Gasteiger partial charge in [0.15, 0.2) is 0 Å². The van der Waals surface area contributed by atoms with Crippen LogP contribution in [0.2, 0.25) is 0 Å². The van der Waals surface area contributed by atoms with Gasteiger partial charge in [-0.25, -0.2) is 9.37 Å². The Labute approximate surface area is 182 Å². The van der Waals surface area contributed by atoms with Crippen molar-refractivity contribution in [3.05, 3.63) is 76.4 Å². The first-order chi connectivity index (χ1) is 15.0. The number of benzene rings is 1. The normalized spacial score (nSPS) is 10.9. The number of imidazole rings is 1. The van der Waals surface area contributed by atoms with Crippen molar-refractivity contribution in [3.8, 4) is 11.3 Å². The number of nitrogens with zero attached hydrogens (tertiary/aromatic N) is 2. The van der Waals surface area contributed by atoms with Crippen molar-refractivity contribution in [2.45, 2.75) is 19.8 Å². The molecule has 0 fully saturated rings. The molecule has 0 aliphatic heterocycles. The van der Waals surface area contributed by atoms with Crippen molar-refractivity contribution in [1.29, 1.82) is 0 Å². The predicted octanol–water partition coefficient (Wildman–Crippen LogP) is 4.66. The van der Waals surface area contributed by atoms with E-state index < -0.39 is 0 Å². The number of carbonyl (C=O) groups excluding carboxylic acids is 2. The monoisotopic (exact) mass is 436 g/mol. The summed E-state index contributed by atoms with van der Waals surface area (Å²) in [6.45, 7) is 2.37. The molecule has 0 atom stereocenters. The molecule has 0 saturated heterocycles. The Morgan fingerprint density at radius 3 is 2.71 bits per heavy atom. The maximum absolute atomic E-state index is 13.4. The van der Waals surface area contributed by atoms with Crippen LogP contribution in [0.4, 0.5) is 10.2 Å². The molecule has 2 amide bonds. The van der Waals surface area contributed by atoms with Crippen LogP contribution in [0, 0.1) is 12.7 Å². The summed E-state index contributed by atoms with van der Waals surface area (Å²) in [5, 5.41) is 9.38. The maximum Gasteiger partial charge on any atom is 0.252 e. The number of hydrogen-bond donors (Lipinski definition) is 2. The second-order valence-corrected chi connectivity index (χ2v) is 7.95. The van der Waals surface area contributed by atoms with E-state index in [-0.39, 0.29) is 24.1 Å². The number of pyridine rings is 1. The quantitative estimate of drug-likeness (QED) is 0.414. The Bertz CT molecular complexity index is 1220. The number of rotatable bonds is 7. The molecule has 6 nitrogen and oxygen atoms in total. The van der Waals surface area contributed by atoms with Gasteiger partial charge in [-0.05, 0) is 66.8 Å². The third-order valence-corrected chi connectivity index (χ3v) is 5.49. The van der Waals surface area contributed by atoms with E-state index in [2.05, 4.69) is 15.6 Å². The summed E-state index contributed by atoms with van der Waals surface area (Å²) in [5.41, 5.74) is 3.64. The summed E-state index contributed by atoms with van der Waals surface area (Å²) in [6, 6.07) is 11.6. The fourth-order valence-corrected chi connectivity index (χ4v) is 3.85. The van der Waals surface area contributed by atoms with Crippen molar-refractivity contribution in [2.24, 2.45) is 0 Å². The third kappa shape index (κ3) is 4.80. The van der Waals surface area contributed by atoms with Gasteiger partial charge in [0, 0.05) is 35.7 Å². The fraction of sp³-hybridized carbons (Fsp3) is 0.174. The summed E-state index contributed by atoms with van der Waals surface area (Å²) in [5.74, 6) is -0.125. The summed E-state index contributed by atoms with van der Waals surface area (Å²) in [6.07, 6.45) is 2.59. The van der Waals surface area contributed by atoms with E-state index in [1.807, 2.05) is 35.0 Å². The lowest BCUT2D eigenvalue weighted by molar-refractivity contribution is -0.116. The standard InChI is InChI=1S/C23H21FN4O2S/c1-15-8-11-28-19(13-15)26-21(16-4-6-18(24)7-5-16)22(28)27-20(29)3-2-10-25-23(30)17-9-12-31-14-17/h4-9,11-14H,2-3,10H2,1H3,(H,25,30)(H,27,29). The second kappa shape index (κ2) is 9.09. The SMILES string of the molecule is Cc1ccn2c(NC(=O)CCCNC(=O)c3ccsc3)c(-c3ccc(F)cc3)nc2c1. The first-order valence-corrected chi connectivity index (χ1v) is 10.8. The Morgan fingerprint density at radius 2 is 1.97 bits per heavy atom. The summed E-state index contributed by atoms with van der Waals surface area (Å²) < 4.78 is 15.2. The minimum absolute atomic E-state index is 0.141. The number of aryl methyl sites for hydroxylation is 1. The number of hydrogen-bond acceptors (Lipinski definition) is 4. The van der Waals surface area contributed by atoms with Crippen molar-refractivity contribution >= 4 is 34.6 Å². The van der Waals surface area contributed by atoms with Crippen LogP contribution in [0.25, 0.3) is 16.9 Å². The van der Waals surface area contributed by atoms with Gasteiger partial charge in [0.25, 0.3) is 5.91 Å². The molecule has 0 aliphatic carbocycles. The molecule has 0 saturated carbocycles. The van der Waals surface area contributed by atoms with Gasteiger partial charge in [0.1, 0.15) is 23.0 Å². The molecule has 158 valence electrons. The van der Waals surface area contributed by atoms with E-state index in [0.717, 1.165) is 5.56 Å². The van der Waals surface area contributed by atoms with Crippen LogP contribution < -0.4 is 10.6 Å². The smallest absolute Gasteiger partial charge is 0.252 e. The Balaban J connectivity index is 1.46. The largest absolute Gasteiger partial charge is 0.352 e. The molecule has 31 heavy (non-hydrogen) atoms. The van der Waals surface area contributed by atoms with Gasteiger partial charge >= 0.3 is 0 Å². The minimum atomic E-state index is -0.335. The van der Waals surface area contributed by atoms with Crippen molar-refractivity contribution in [1.82, 2.24) is 14.7 Å². The average Bonchev–Trinajstić information content (AvgIpc) is 3.40. The minimum Gasteiger partial charge on any atom is -0.352 e. The van der Waals surface area contributed by atoms with Gasteiger partial charge < -0.3 is 10.6 Å². The molecule has 2 N–H and O–H groups in total. The summed E-state index contributed by atoms with van der Waals surface area (Å²) >= 11 is 1.46. The van der Waals surface area contributed by atoms with Gasteiger partial charge in [-0.15, -0.1) is 0 Å². The van der Waals surface area contributed by atoms with Crippen LogP contribution in [0.1, 0.15) is 28.8 Å². The lowest BCUT2D eigenvalue weighted by atomic mass is 10.1. The topological polar surface area (TPSA) is 75.5 Å². The fourth-order valence-electron chi connectivity index (χ4n) is 3.22. The van der Waals surface area contributed by atoms with Crippen molar-refractivity contribution in [3.63, 3.8) is 0 Å². The first-order valence-electron chi connectivity index (χ1n) is 9.86. The van der Waals surface area contributed by atoms with Crippen molar-refractivity contribution < 1.29 is 14.0 Å². The highest BCUT2D eigenvalue weighted by Gasteiger charge is 2.17. The Morgan fingerprint density at radius 1 is 1.16 bits per heavy atom. The molecule has 0 spiro atoms. The second-order valence-electron chi connectivity index (χ2n) is 7.17. The lowest BCUT2D eigenvalue weighted by Crippen LogP contribution is -2.25. The van der Waals surface area contributed by atoms with Gasteiger partial charge in [-0.1, -0.05) is 0 Å². The summed E-state index contributed by atoms with van der Waals surface area (Å²) in [7, 11) is 0. The average molecular weight is 437 g/mol. The highest BCUT2D eigenvalue weighted by atomic mass is 32.1. The molecular formula is C23H21FN4O2S. The van der Waals surface area contributed by atoms with Crippen LogP contribution in [0.5, 0.6) is 0 Å². The number of anilines is 1. The van der Waals surface area contributed by atoms with Gasteiger partial charge in [0.2, 0.25) is 5.91 Å². The zero-order valence-electron chi connectivity index (χ0n) is 16.9. The number of amides is 2. The Hall–Kier alpha value is -3.52. The van der Waals surface area contributed by atoms with Crippen LogP contribution in [0.15, 0.2) is 59.4 Å². The molecule has 3 heterocycles. The van der Waals surface area contributed by atoms with Crippen LogP contribution in [-0.4, -0.2) is 27.7 Å². The van der Waals surface area contributed by atoms with E-state index >= 15 is 0 Å². The molecule has 0 unspecified atom stereocenters. The molecule has 0 bridgehead atoms. The van der Waals surface area contributed by atoms with Gasteiger partial charge in [0.05, 0.1) is 0 Å². The van der Waals surface area contributed by atoms with E-state index in [9.17, 15) is 14.0 Å². The third-order valence-electron chi connectivity index (χ3n) is 4.81. The number of nitrogens with one attached hydrogen (secondary N) is 2. The number of halogens is 1. The van der Waals surface area contributed by atoms with E-state index in [0.29, 0.717) is 41.3 Å². The molecule has 8 heteroatoms. The molecule has 4 aromatic rings. The van der Waals surface area contributed by atoms with Crippen LogP contribution in [0.3, 0.4) is 0 Å². The van der Waals surface area contributed by atoms with Crippen molar-refractivity contribution in [2.75, 3.05) is 11.9 Å². The van der Waals surface area contributed by atoms with Gasteiger partial charge in [-0.2, -0.15) is 11.3 Å². The summed E-state index contributed by atoms with van der Waals surface area (Å²) in [4.78, 5) is 29.2. The van der Waals surface area contributed by atoms with Gasteiger partial charge in [-0.3, -0.25) is 14.0 Å². The first kappa shape index (κ1) is 20.7. The maximum atomic E-state index is 13.4. The van der Waals surface area contributed by atoms with Crippen LogP contribution >= 0.6 is 11.3 Å². The lowest BCUT2D eigenvalue weighted by Gasteiger charge is -2.09. The van der Waals surface area contributed by atoms with Crippen LogP contribution in [-0.2, 0) is 4.79 Å². The molecule has 0 aliphatic rings. The molecule has 3 aromatic heterocycles. The molecule has 0 radical (unpaired) electrons. The number of aromatic nitrogens is 2. The van der Waals surface area contributed by atoms with E-state index in [1.165, 1.54) is 23.5 Å². The number of fused-ring (bicyclic) bond motifs is 1. The Kier molecular flexibility index (Phi) is 6.08. The zero-order chi connectivity index (χ0) is 21.8. The molecular weight excluding hydrogens is 415 g/mol. The van der Waals surface area contributed by atoms with E-state index in [1.54, 1.807) is 23.6 Å². The highest BCUT2D eigenvalue weighted by Crippen LogP contribution is 2.29. The highest BCUT2D eigenvalue weighted by molar-refractivity contribution is 7.08. The molecule has 1 aromatic carbocycles.